The molecule has 1 amide bonds. The number of hydrogen-bond acceptors (Lipinski definition) is 5. The minimum atomic E-state index is -3.55. The molecule has 0 aliphatic rings. The predicted octanol–water partition coefficient (Wildman–Crippen LogP) is 1.25. The Morgan fingerprint density at radius 1 is 1.40 bits per heavy atom. The lowest BCUT2D eigenvalue weighted by Gasteiger charge is -2.15. The van der Waals surface area contributed by atoms with Gasteiger partial charge in [-0.3, -0.25) is 4.79 Å². The first-order chi connectivity index (χ1) is 9.32. The topological polar surface area (TPSA) is 75.7 Å². The van der Waals surface area contributed by atoms with Gasteiger partial charge in [0.05, 0.1) is 23.4 Å². The first-order valence-electron chi connectivity index (χ1n) is 5.72. The van der Waals surface area contributed by atoms with Crippen LogP contribution in [0.5, 0.6) is 5.75 Å². The maximum absolute atomic E-state index is 12.1. The minimum Gasteiger partial charge on any atom is -0.495 e. The van der Waals surface area contributed by atoms with Crippen LogP contribution >= 0.6 is 11.8 Å². The highest BCUT2D eigenvalue weighted by Crippen LogP contribution is 2.28. The van der Waals surface area contributed by atoms with Crippen LogP contribution in [0.1, 0.15) is 0 Å². The van der Waals surface area contributed by atoms with Gasteiger partial charge in [0.15, 0.2) is 0 Å². The van der Waals surface area contributed by atoms with E-state index in [1.54, 1.807) is 0 Å². The van der Waals surface area contributed by atoms with Crippen molar-refractivity contribution in [2.24, 2.45) is 0 Å². The van der Waals surface area contributed by atoms with E-state index in [2.05, 4.69) is 5.32 Å². The van der Waals surface area contributed by atoms with E-state index in [0.29, 0.717) is 11.4 Å². The van der Waals surface area contributed by atoms with Crippen molar-refractivity contribution in [2.45, 2.75) is 4.90 Å². The van der Waals surface area contributed by atoms with Crippen molar-refractivity contribution < 1.29 is 17.9 Å². The average Bonchev–Trinajstić information content (AvgIpc) is 2.38. The maximum Gasteiger partial charge on any atom is 0.242 e. The Morgan fingerprint density at radius 3 is 2.55 bits per heavy atom. The van der Waals surface area contributed by atoms with E-state index in [1.165, 1.54) is 51.2 Å². The number of methoxy groups -OCH3 is 1. The molecular formula is C12H18N2O4S2. The molecule has 0 atom stereocenters. The van der Waals surface area contributed by atoms with E-state index in [4.69, 9.17) is 4.74 Å². The molecule has 0 spiro atoms. The largest absolute Gasteiger partial charge is 0.495 e. The van der Waals surface area contributed by atoms with Gasteiger partial charge in [-0.1, -0.05) is 0 Å². The van der Waals surface area contributed by atoms with Crippen LogP contribution in [0.15, 0.2) is 23.1 Å². The van der Waals surface area contributed by atoms with Gasteiger partial charge in [0.2, 0.25) is 15.9 Å². The number of anilines is 1. The van der Waals surface area contributed by atoms with E-state index >= 15 is 0 Å². The summed E-state index contributed by atoms with van der Waals surface area (Å²) in [5.74, 6) is 0.487. The Kier molecular flexibility index (Phi) is 5.85. The molecular weight excluding hydrogens is 300 g/mol. The number of thioether (sulfide) groups is 1. The molecule has 112 valence electrons. The van der Waals surface area contributed by atoms with E-state index in [1.807, 2.05) is 6.26 Å². The second-order valence-corrected chi connectivity index (χ2v) is 7.15. The van der Waals surface area contributed by atoms with Gasteiger partial charge < -0.3 is 10.1 Å². The fraction of sp³-hybridized carbons (Fsp3) is 0.417. The van der Waals surface area contributed by atoms with Gasteiger partial charge in [0.1, 0.15) is 5.75 Å². The smallest absolute Gasteiger partial charge is 0.242 e. The zero-order valence-electron chi connectivity index (χ0n) is 11.8. The summed E-state index contributed by atoms with van der Waals surface area (Å²) in [6.45, 7) is 0. The summed E-state index contributed by atoms with van der Waals surface area (Å²) in [5, 5.41) is 2.65. The quantitative estimate of drug-likeness (QED) is 0.854. The van der Waals surface area contributed by atoms with Gasteiger partial charge in [0, 0.05) is 14.1 Å². The second kappa shape index (κ2) is 6.96. The van der Waals surface area contributed by atoms with E-state index in [-0.39, 0.29) is 16.6 Å². The molecule has 20 heavy (non-hydrogen) atoms. The Balaban J connectivity index is 3.19. The molecule has 0 saturated heterocycles. The van der Waals surface area contributed by atoms with Crippen molar-refractivity contribution in [3.05, 3.63) is 18.2 Å². The Morgan fingerprint density at radius 2 is 2.05 bits per heavy atom. The monoisotopic (exact) mass is 318 g/mol. The van der Waals surface area contributed by atoms with Crippen LogP contribution in [0, 0.1) is 0 Å². The van der Waals surface area contributed by atoms with Gasteiger partial charge in [-0.25, -0.2) is 12.7 Å². The molecule has 1 N–H and O–H groups in total. The molecule has 8 heteroatoms. The molecule has 1 rings (SSSR count). The third kappa shape index (κ3) is 3.87. The van der Waals surface area contributed by atoms with Crippen LogP contribution in [0.3, 0.4) is 0 Å². The molecule has 0 radical (unpaired) electrons. The van der Waals surface area contributed by atoms with Crippen LogP contribution in [0.25, 0.3) is 0 Å². The Hall–Kier alpha value is -1.25. The van der Waals surface area contributed by atoms with Crippen molar-refractivity contribution in [2.75, 3.05) is 38.5 Å². The van der Waals surface area contributed by atoms with Gasteiger partial charge in [-0.05, 0) is 24.5 Å². The number of nitrogens with zero attached hydrogens (tertiary/aromatic N) is 1. The number of hydrogen-bond donors (Lipinski definition) is 1. The van der Waals surface area contributed by atoms with E-state index in [9.17, 15) is 13.2 Å². The lowest BCUT2D eigenvalue weighted by molar-refractivity contribution is -0.113. The van der Waals surface area contributed by atoms with Gasteiger partial charge in [-0.2, -0.15) is 11.8 Å². The Labute approximate surface area is 123 Å². The van der Waals surface area contributed by atoms with Crippen molar-refractivity contribution in [3.8, 4) is 5.75 Å². The number of carbonyl (C=O) groups is 1. The van der Waals surface area contributed by atoms with Crippen molar-refractivity contribution in [3.63, 3.8) is 0 Å². The molecule has 0 aliphatic heterocycles. The van der Waals surface area contributed by atoms with Crippen LogP contribution in [-0.4, -0.2) is 51.8 Å². The van der Waals surface area contributed by atoms with Crippen LogP contribution in [0.4, 0.5) is 5.69 Å². The molecule has 0 aromatic heterocycles. The first kappa shape index (κ1) is 16.8. The summed E-state index contributed by atoms with van der Waals surface area (Å²) in [7, 11) is 0.807. The standard InChI is InChI=1S/C12H18N2O4S2/c1-14(2)20(16,17)9-5-6-11(18-3)10(7-9)13-12(15)8-19-4/h5-7H,8H2,1-4H3,(H,13,15). The summed E-state index contributed by atoms with van der Waals surface area (Å²) < 4.78 is 30.4. The molecule has 0 saturated carbocycles. The van der Waals surface area contributed by atoms with Gasteiger partial charge in [-0.15, -0.1) is 0 Å². The number of ether oxygens (including phenoxy) is 1. The first-order valence-corrected chi connectivity index (χ1v) is 8.55. The summed E-state index contributed by atoms with van der Waals surface area (Å²) in [4.78, 5) is 11.7. The van der Waals surface area contributed by atoms with Crippen molar-refractivity contribution in [1.82, 2.24) is 4.31 Å². The molecule has 1 aromatic carbocycles. The lowest BCUT2D eigenvalue weighted by atomic mass is 10.3. The Bertz CT molecular complexity index is 585. The fourth-order valence-corrected chi connectivity index (χ4v) is 2.74. The zero-order valence-corrected chi connectivity index (χ0v) is 13.5. The third-order valence-electron chi connectivity index (χ3n) is 2.50. The van der Waals surface area contributed by atoms with E-state index in [0.717, 1.165) is 4.31 Å². The van der Waals surface area contributed by atoms with Crippen LogP contribution in [0.2, 0.25) is 0 Å². The number of amides is 1. The highest BCUT2D eigenvalue weighted by atomic mass is 32.2. The number of benzene rings is 1. The van der Waals surface area contributed by atoms with Gasteiger partial charge >= 0.3 is 0 Å². The van der Waals surface area contributed by atoms with Gasteiger partial charge in [0.25, 0.3) is 0 Å². The minimum absolute atomic E-state index is 0.0998. The predicted molar refractivity (Wildman–Crippen MR) is 80.9 cm³/mol. The SMILES string of the molecule is COc1ccc(S(=O)(=O)N(C)C)cc1NC(=O)CSC. The van der Waals surface area contributed by atoms with Crippen molar-refractivity contribution in [1.29, 1.82) is 0 Å². The lowest BCUT2D eigenvalue weighted by Crippen LogP contribution is -2.22. The molecule has 0 heterocycles. The molecule has 6 nitrogen and oxygen atoms in total. The summed E-state index contributed by atoms with van der Waals surface area (Å²) in [6, 6.07) is 4.36. The normalized spacial score (nSPS) is 11.4. The summed E-state index contributed by atoms with van der Waals surface area (Å²) in [6.07, 6.45) is 1.81. The van der Waals surface area contributed by atoms with Crippen LogP contribution in [-0.2, 0) is 14.8 Å². The number of rotatable bonds is 6. The summed E-state index contributed by atoms with van der Waals surface area (Å²) in [5.41, 5.74) is 0.342. The fourth-order valence-electron chi connectivity index (χ4n) is 1.47. The maximum atomic E-state index is 12.1. The van der Waals surface area contributed by atoms with Crippen LogP contribution < -0.4 is 10.1 Å². The number of sulfonamides is 1. The molecule has 0 aliphatic carbocycles. The number of carbonyl (C=O) groups excluding carboxylic acids is 1. The molecule has 0 fully saturated rings. The summed E-state index contributed by atoms with van der Waals surface area (Å²) >= 11 is 1.38. The highest BCUT2D eigenvalue weighted by molar-refractivity contribution is 7.99. The molecule has 0 bridgehead atoms. The molecule has 1 aromatic rings. The number of nitrogens with one attached hydrogen (secondary N) is 1. The second-order valence-electron chi connectivity index (χ2n) is 4.13. The molecule has 0 unspecified atom stereocenters. The van der Waals surface area contributed by atoms with E-state index < -0.39 is 10.0 Å². The van der Waals surface area contributed by atoms with Crippen molar-refractivity contribution >= 4 is 33.4 Å². The third-order valence-corrected chi connectivity index (χ3v) is 4.86. The zero-order chi connectivity index (χ0) is 15.3. The highest BCUT2D eigenvalue weighted by Gasteiger charge is 2.19. The average molecular weight is 318 g/mol.